The molecule has 0 aromatic carbocycles. The molecule has 0 rings (SSSR count). The van der Waals surface area contributed by atoms with Gasteiger partial charge in [0.1, 0.15) is 6.04 Å². The van der Waals surface area contributed by atoms with Gasteiger partial charge in [-0.2, -0.15) is 0 Å². The first-order chi connectivity index (χ1) is 6.26. The van der Waals surface area contributed by atoms with Crippen LogP contribution in [0.2, 0.25) is 0 Å². The van der Waals surface area contributed by atoms with Gasteiger partial charge in [-0.3, -0.25) is 9.59 Å². The molecule has 1 unspecified atom stereocenters. The summed E-state index contributed by atoms with van der Waals surface area (Å²) in [5.74, 6) is -1.94. The SMILES string of the molecule is CNC(=O)CC(NS(C)(=O)=O)C(=O)O.[Mt]. The zero-order chi connectivity index (χ0) is 11.4. The van der Waals surface area contributed by atoms with Gasteiger partial charge in [0.15, 0.2) is 0 Å². The van der Waals surface area contributed by atoms with Gasteiger partial charge in [0.05, 0.1) is 12.7 Å². The molecule has 0 spiro atoms. The number of rotatable bonds is 5. The fourth-order valence-electron chi connectivity index (χ4n) is 0.725. The van der Waals surface area contributed by atoms with E-state index in [-0.39, 0.29) is 0 Å². The van der Waals surface area contributed by atoms with Crippen LogP contribution in [0.4, 0.5) is 0 Å². The Balaban J connectivity index is 0. The summed E-state index contributed by atoms with van der Waals surface area (Å²) in [6.45, 7) is 0. The molecular weight excluding hydrogens is 490 g/mol. The van der Waals surface area contributed by atoms with Crippen molar-refractivity contribution >= 4 is 21.9 Å². The second-order valence-corrected chi connectivity index (χ2v) is 4.44. The van der Waals surface area contributed by atoms with E-state index < -0.39 is 34.4 Å². The van der Waals surface area contributed by atoms with E-state index in [0.717, 1.165) is 6.26 Å². The average Bonchev–Trinajstić information content (AvgIpc) is 2.00. The zero-order valence-electron chi connectivity index (χ0n) is 8.48. The molecule has 7 nitrogen and oxygen atoms in total. The number of hydrogen-bond donors (Lipinski definition) is 3. The first-order valence-electron chi connectivity index (χ1n) is 3.67. The van der Waals surface area contributed by atoms with Crippen molar-refractivity contribution in [1.82, 2.24) is 10.0 Å². The summed E-state index contributed by atoms with van der Waals surface area (Å²) in [5, 5.41) is 10.8. The van der Waals surface area contributed by atoms with Crippen molar-refractivity contribution < 1.29 is 23.1 Å². The summed E-state index contributed by atoms with van der Waals surface area (Å²) >= 11 is 0. The van der Waals surface area contributed by atoms with E-state index in [9.17, 15) is 18.0 Å². The Morgan fingerprint density at radius 1 is 1.40 bits per heavy atom. The Hall–Kier alpha value is -2.15. The molecule has 0 heterocycles. The minimum Gasteiger partial charge on any atom is -0.480 e. The molecule has 0 aromatic heterocycles. The fourth-order valence-corrected chi connectivity index (χ4v) is 1.43. The number of sulfonamides is 1. The number of aliphatic carboxylic acids is 1. The van der Waals surface area contributed by atoms with E-state index in [1.165, 1.54) is 7.05 Å². The van der Waals surface area contributed by atoms with E-state index in [1.807, 2.05) is 4.72 Å². The van der Waals surface area contributed by atoms with Crippen LogP contribution in [0.25, 0.3) is 0 Å². The molecule has 1 atom stereocenters. The van der Waals surface area contributed by atoms with Crippen molar-refractivity contribution in [2.75, 3.05) is 13.3 Å². The smallest absolute Gasteiger partial charge is 0.322 e. The number of nitrogens with one attached hydrogen (secondary N) is 2. The number of hydrogen-bond acceptors (Lipinski definition) is 4. The van der Waals surface area contributed by atoms with Crippen LogP contribution in [-0.2, 0) is 19.6 Å². The molecule has 1 amide bonds. The van der Waals surface area contributed by atoms with Crippen LogP contribution in [0.15, 0.2) is 0 Å². The Morgan fingerprint density at radius 3 is 2.13 bits per heavy atom. The molecule has 0 bridgehead atoms. The number of carbonyl (C=O) groups is 2. The minimum absolute atomic E-state index is 0. The molecule has 0 saturated heterocycles. The van der Waals surface area contributed by atoms with Gasteiger partial charge in [-0.1, -0.05) is 0 Å². The largest absolute Gasteiger partial charge is 0.480 e. The van der Waals surface area contributed by atoms with E-state index in [4.69, 9.17) is 5.11 Å². The minimum atomic E-state index is -3.63. The molecule has 0 aliphatic rings. The fraction of sp³-hybridized carbons (Fsp3) is 0.667. The quantitative estimate of drug-likeness (QED) is 0.408. The van der Waals surface area contributed by atoms with Crippen LogP contribution in [0, 0.1) is 0 Å². The van der Waals surface area contributed by atoms with Crippen molar-refractivity contribution in [2.45, 2.75) is 12.5 Å². The van der Waals surface area contributed by atoms with Crippen molar-refractivity contribution in [3.63, 3.8) is 0 Å². The van der Waals surface area contributed by atoms with Crippen LogP contribution in [0.3, 0.4) is 0 Å². The molecule has 0 aliphatic carbocycles. The predicted molar refractivity (Wildman–Crippen MR) is 48.1 cm³/mol. The van der Waals surface area contributed by atoms with Gasteiger partial charge in [-0.15, -0.1) is 0 Å². The molecule has 84 valence electrons. The first kappa shape index (κ1) is 15.3. The molecule has 0 radical (unpaired) electrons. The molecule has 9 heteroatoms. The average molecular weight is 502 g/mol. The first-order valence-corrected chi connectivity index (χ1v) is 5.56. The second-order valence-electron chi connectivity index (χ2n) is 2.66. The second kappa shape index (κ2) is 5.55. The van der Waals surface area contributed by atoms with Gasteiger partial charge in [0, 0.05) is 7.05 Å². The molecule has 3 N–H and O–H groups in total. The standard InChI is InChI=1S/C6H12N2O5S.Mt/c1-7-5(9)3-4(6(10)11)8-14(2,12)13;/h4,8H,3H2,1-2H3,(H,7,9)(H,10,11);. The van der Waals surface area contributed by atoms with E-state index in [1.54, 1.807) is 0 Å². The maximum absolute atomic E-state index is 10.8. The maximum Gasteiger partial charge on any atom is 0.322 e. The predicted octanol–water partition coefficient (Wildman–Crippen LogP) is -1.88. The summed E-state index contributed by atoms with van der Waals surface area (Å²) in [7, 11) is -2.30. The van der Waals surface area contributed by atoms with Crippen LogP contribution in [0.1, 0.15) is 6.42 Å². The third kappa shape index (κ3) is 6.96. The third-order valence-electron chi connectivity index (χ3n) is 1.32. The molecular formula is C6H12MtN2O5S. The summed E-state index contributed by atoms with van der Waals surface area (Å²) < 4.78 is 23.3. The normalized spacial score (nSPS) is 12.4. The number of carboxylic acid groups (broad SMARTS) is 1. The Labute approximate surface area is 81.5 Å². The molecule has 0 aromatic rings. The van der Waals surface area contributed by atoms with Gasteiger partial charge in [0.25, 0.3) is 0 Å². The zero-order valence-corrected chi connectivity index (χ0v) is 15.9. The van der Waals surface area contributed by atoms with Crippen LogP contribution in [-0.4, -0.2) is 44.7 Å². The molecule has 0 aliphatic heterocycles. The Morgan fingerprint density at radius 2 is 1.87 bits per heavy atom. The number of carboxylic acids is 1. The topological polar surface area (TPSA) is 113 Å². The Kier molecular flexibility index (Phi) is 5.67. The summed E-state index contributed by atoms with van der Waals surface area (Å²) in [4.78, 5) is 21.3. The molecule has 0 saturated carbocycles. The van der Waals surface area contributed by atoms with Crippen molar-refractivity contribution in [3.8, 4) is 0 Å². The van der Waals surface area contributed by atoms with Crippen LogP contribution < -0.4 is 10.0 Å². The van der Waals surface area contributed by atoms with Crippen LogP contribution >= 0.6 is 0 Å². The van der Waals surface area contributed by atoms with E-state index >= 15 is 0 Å². The Bertz CT molecular complexity index is 328. The number of amides is 1. The van der Waals surface area contributed by atoms with Crippen molar-refractivity contribution in [1.29, 1.82) is 0 Å². The molecule has 0 fully saturated rings. The van der Waals surface area contributed by atoms with E-state index in [0.29, 0.717) is 0 Å². The summed E-state index contributed by atoms with van der Waals surface area (Å²) in [6, 6.07) is -1.43. The van der Waals surface area contributed by atoms with Crippen LogP contribution in [0.5, 0.6) is 0 Å². The summed E-state index contributed by atoms with van der Waals surface area (Å²) in [5.41, 5.74) is 0. The third-order valence-corrected chi connectivity index (χ3v) is 2.04. The summed E-state index contributed by atoms with van der Waals surface area (Å²) in [6.07, 6.45) is 0.395. The number of carbonyl (C=O) groups excluding carboxylic acids is 1. The van der Waals surface area contributed by atoms with Gasteiger partial charge in [-0.05, 0) is 0 Å². The van der Waals surface area contributed by atoms with Gasteiger partial charge in [0.2, 0.25) is 15.9 Å². The monoisotopic (exact) mass is 502 g/mol. The van der Waals surface area contributed by atoms with Gasteiger partial charge >= 0.3 is 5.97 Å². The van der Waals surface area contributed by atoms with Gasteiger partial charge in [-0.25, -0.2) is 13.1 Å². The van der Waals surface area contributed by atoms with Crippen molar-refractivity contribution in [3.05, 3.63) is 0 Å². The van der Waals surface area contributed by atoms with E-state index in [2.05, 4.69) is 5.32 Å². The maximum atomic E-state index is 10.8. The van der Waals surface area contributed by atoms with Crippen molar-refractivity contribution in [2.24, 2.45) is 0 Å². The molecule has 15 heavy (non-hydrogen) atoms. The van der Waals surface area contributed by atoms with Gasteiger partial charge < -0.3 is 10.4 Å².